The second-order valence-corrected chi connectivity index (χ2v) is 12.0. The quantitative estimate of drug-likeness (QED) is 0.200. The van der Waals surface area contributed by atoms with Crippen molar-refractivity contribution < 1.29 is 25.9 Å². The van der Waals surface area contributed by atoms with Crippen molar-refractivity contribution in [1.82, 2.24) is 0 Å². The van der Waals surface area contributed by atoms with Crippen molar-refractivity contribution in [1.29, 1.82) is 0 Å². The summed E-state index contributed by atoms with van der Waals surface area (Å²) < 4.78 is 31.4. The van der Waals surface area contributed by atoms with Gasteiger partial charge in [-0.05, 0) is 81.4 Å². The molecule has 0 aliphatic carbocycles. The zero-order valence-corrected chi connectivity index (χ0v) is 25.6. The Hall–Kier alpha value is -3.63. The van der Waals surface area contributed by atoms with Gasteiger partial charge in [-0.2, -0.15) is 8.42 Å². The molecular formula is C26H32N8O4S3+2. The molecule has 1 aliphatic heterocycles. The fourth-order valence-electron chi connectivity index (χ4n) is 3.80. The molecule has 2 aromatic carbocycles. The van der Waals surface area contributed by atoms with Crippen LogP contribution in [0.25, 0.3) is 0 Å². The Balaban J connectivity index is 0.000000493. The highest BCUT2D eigenvalue weighted by molar-refractivity contribution is 7.81. The number of thiazole rings is 2. The summed E-state index contributed by atoms with van der Waals surface area (Å²) >= 11 is 3.15. The molecule has 1 aliphatic rings. The van der Waals surface area contributed by atoms with Gasteiger partial charge in [0.25, 0.3) is 0 Å². The molecule has 0 saturated carbocycles. The average Bonchev–Trinajstić information content (AvgIpc) is 3.62. The molecular weight excluding hydrogens is 585 g/mol. The lowest BCUT2D eigenvalue weighted by molar-refractivity contribution is -0.654. The number of nitrogens with zero attached hydrogens (tertiary/aromatic N) is 8. The van der Waals surface area contributed by atoms with Crippen LogP contribution in [-0.2, 0) is 32.9 Å². The maximum atomic E-state index is 9.92. The second-order valence-electron chi connectivity index (χ2n) is 8.74. The standard InChI is InChI=1S/C24H26N8S2.C2H6O4S/c1-29-15-17-33-23(29)27-25-19-3-7-21(8-4-19)31-11-13-32(14-12-31)22-9-5-20(6-10-22)26-28-24-30(2)16-18-34-24;1-5-7(3,4)6-2/h3-10,15-18H,11-14H2,1-2H3;1-2H3/q+2;. The van der Waals surface area contributed by atoms with Crippen LogP contribution in [0.1, 0.15) is 0 Å². The lowest BCUT2D eigenvalue weighted by Crippen LogP contribution is -2.46. The molecule has 5 rings (SSSR count). The van der Waals surface area contributed by atoms with E-state index in [0.29, 0.717) is 0 Å². The maximum Gasteiger partial charge on any atom is 0.408 e. The Morgan fingerprint density at radius 3 is 1.29 bits per heavy atom. The monoisotopic (exact) mass is 616 g/mol. The van der Waals surface area contributed by atoms with Gasteiger partial charge in [0.1, 0.15) is 23.8 Å². The lowest BCUT2D eigenvalue weighted by atomic mass is 10.2. The molecule has 3 heterocycles. The molecule has 216 valence electrons. The van der Waals surface area contributed by atoms with E-state index < -0.39 is 10.4 Å². The SMILES string of the molecule is COS(=O)(=O)OC.C[n+]1ccsc1/N=N/c1ccc(N2CCN(c3ccc(/N=N/c4scc[n+]4C)cc3)CC2)cc1. The molecule has 0 bridgehead atoms. The molecule has 0 amide bonds. The summed E-state index contributed by atoms with van der Waals surface area (Å²) in [6.07, 6.45) is 3.96. The smallest absolute Gasteiger partial charge is 0.368 e. The van der Waals surface area contributed by atoms with Crippen LogP contribution < -0.4 is 18.9 Å². The molecule has 12 nitrogen and oxygen atoms in total. The summed E-state index contributed by atoms with van der Waals surface area (Å²) in [5.74, 6) is 0. The summed E-state index contributed by atoms with van der Waals surface area (Å²) in [5, 5.41) is 23.1. The van der Waals surface area contributed by atoms with E-state index in [-0.39, 0.29) is 0 Å². The van der Waals surface area contributed by atoms with Crippen molar-refractivity contribution in [2.45, 2.75) is 0 Å². The molecule has 41 heavy (non-hydrogen) atoms. The second kappa shape index (κ2) is 14.3. The van der Waals surface area contributed by atoms with Crippen LogP contribution in [0.15, 0.2) is 92.1 Å². The van der Waals surface area contributed by atoms with E-state index in [0.717, 1.165) is 62.0 Å². The van der Waals surface area contributed by atoms with Gasteiger partial charge in [0.15, 0.2) is 0 Å². The van der Waals surface area contributed by atoms with Crippen molar-refractivity contribution in [2.24, 2.45) is 34.6 Å². The minimum atomic E-state index is -3.66. The summed E-state index contributed by atoms with van der Waals surface area (Å²) in [5.41, 5.74) is 4.16. The minimum absolute atomic E-state index is 0.862. The number of azo groups is 2. The van der Waals surface area contributed by atoms with Crippen LogP contribution in [0.4, 0.5) is 33.0 Å². The van der Waals surface area contributed by atoms with Gasteiger partial charge in [-0.3, -0.25) is 8.37 Å². The van der Waals surface area contributed by atoms with Gasteiger partial charge in [0.2, 0.25) is 0 Å². The predicted molar refractivity (Wildman–Crippen MR) is 160 cm³/mol. The average molecular weight is 617 g/mol. The Morgan fingerprint density at radius 1 is 0.659 bits per heavy atom. The summed E-state index contributed by atoms with van der Waals surface area (Å²) in [4.78, 5) is 4.83. The van der Waals surface area contributed by atoms with Gasteiger partial charge >= 0.3 is 20.7 Å². The lowest BCUT2D eigenvalue weighted by Gasteiger charge is -2.37. The zero-order valence-electron chi connectivity index (χ0n) is 23.2. The van der Waals surface area contributed by atoms with E-state index in [1.54, 1.807) is 22.7 Å². The van der Waals surface area contributed by atoms with Crippen LogP contribution in [0.3, 0.4) is 0 Å². The van der Waals surface area contributed by atoms with Gasteiger partial charge in [-0.25, -0.2) is 9.13 Å². The summed E-state index contributed by atoms with van der Waals surface area (Å²) in [6.45, 7) is 3.90. The minimum Gasteiger partial charge on any atom is -0.368 e. The Bertz CT molecular complexity index is 1450. The van der Waals surface area contributed by atoms with Crippen LogP contribution in [-0.4, -0.2) is 48.8 Å². The molecule has 0 N–H and O–H groups in total. The number of aryl methyl sites for hydroxylation is 2. The normalized spacial score (nSPS) is 14.0. The van der Waals surface area contributed by atoms with Crippen LogP contribution in [0.5, 0.6) is 0 Å². The summed E-state index contributed by atoms with van der Waals surface area (Å²) in [7, 11) is 2.34. The number of hydrogen-bond donors (Lipinski definition) is 0. The van der Waals surface area contributed by atoms with Gasteiger partial charge < -0.3 is 9.80 Å². The van der Waals surface area contributed by atoms with Gasteiger partial charge in [0, 0.05) is 48.3 Å². The zero-order chi connectivity index (χ0) is 29.2. The molecule has 0 spiro atoms. The van der Waals surface area contributed by atoms with E-state index >= 15 is 0 Å². The first-order valence-electron chi connectivity index (χ1n) is 12.5. The summed E-state index contributed by atoms with van der Waals surface area (Å²) in [6, 6.07) is 16.6. The van der Waals surface area contributed by atoms with E-state index in [2.05, 4.69) is 62.9 Å². The van der Waals surface area contributed by atoms with Gasteiger partial charge in [-0.15, -0.1) is 0 Å². The molecule has 1 saturated heterocycles. The molecule has 1 fully saturated rings. The van der Waals surface area contributed by atoms with Crippen LogP contribution in [0, 0.1) is 0 Å². The Kier molecular flexibility index (Phi) is 10.6. The van der Waals surface area contributed by atoms with Crippen LogP contribution >= 0.6 is 22.7 Å². The third kappa shape index (κ3) is 8.68. The number of hydrogen-bond acceptors (Lipinski definition) is 12. The highest BCUT2D eigenvalue weighted by atomic mass is 32.3. The van der Waals surface area contributed by atoms with Gasteiger partial charge in [-0.1, -0.05) is 0 Å². The van der Waals surface area contributed by atoms with Gasteiger partial charge in [0.05, 0.1) is 38.5 Å². The predicted octanol–water partition coefficient (Wildman–Crippen LogP) is 5.14. The van der Waals surface area contributed by atoms with E-state index in [1.165, 1.54) is 11.4 Å². The topological polar surface area (TPSA) is 116 Å². The largest absolute Gasteiger partial charge is 0.408 e. The number of anilines is 2. The Morgan fingerprint density at radius 2 is 1.02 bits per heavy atom. The highest BCUT2D eigenvalue weighted by Crippen LogP contribution is 2.26. The highest BCUT2D eigenvalue weighted by Gasteiger charge is 2.18. The van der Waals surface area contributed by atoms with E-state index in [4.69, 9.17) is 0 Å². The fraction of sp³-hybridized carbons (Fsp3) is 0.308. The van der Waals surface area contributed by atoms with Crippen molar-refractivity contribution >= 4 is 66.1 Å². The van der Waals surface area contributed by atoms with Crippen LogP contribution in [0.2, 0.25) is 0 Å². The van der Waals surface area contributed by atoms with Crippen molar-refractivity contribution in [3.05, 3.63) is 71.7 Å². The number of aromatic nitrogens is 2. The molecule has 4 aromatic rings. The first-order chi connectivity index (χ1) is 19.8. The molecule has 0 atom stereocenters. The van der Waals surface area contributed by atoms with E-state index in [9.17, 15) is 8.42 Å². The molecule has 0 unspecified atom stereocenters. The van der Waals surface area contributed by atoms with Crippen molar-refractivity contribution in [3.8, 4) is 0 Å². The van der Waals surface area contributed by atoms with Crippen molar-refractivity contribution in [2.75, 3.05) is 50.2 Å². The number of piperazine rings is 1. The molecule has 2 aromatic heterocycles. The number of benzene rings is 2. The fourth-order valence-corrected chi connectivity index (χ4v) is 5.30. The van der Waals surface area contributed by atoms with Crippen molar-refractivity contribution in [3.63, 3.8) is 0 Å². The first kappa shape index (κ1) is 30.3. The molecule has 0 radical (unpaired) electrons. The first-order valence-corrected chi connectivity index (χ1v) is 15.6. The number of rotatable bonds is 8. The maximum absolute atomic E-state index is 9.92. The Labute approximate surface area is 247 Å². The van der Waals surface area contributed by atoms with E-state index in [1.807, 2.05) is 70.6 Å². The molecule has 15 heteroatoms. The third-order valence-electron chi connectivity index (χ3n) is 6.14. The third-order valence-corrected chi connectivity index (χ3v) is 8.63.